The second-order valence-corrected chi connectivity index (χ2v) is 15.2. The van der Waals surface area contributed by atoms with Crippen molar-refractivity contribution in [1.82, 2.24) is 9.80 Å². The molecule has 7 atom stereocenters. The first kappa shape index (κ1) is 32.6. The molecule has 2 saturated carbocycles. The quantitative estimate of drug-likeness (QED) is 0.134. The molecule has 2 aromatic rings. The Labute approximate surface area is 281 Å². The Morgan fingerprint density at radius 3 is 2.45 bits per heavy atom. The predicted octanol–water partition coefficient (Wildman–Crippen LogP) is 6.61. The lowest BCUT2D eigenvalue weighted by molar-refractivity contribution is -0.140. The number of nitrogens with zero attached hydrogens (tertiary/aromatic N) is 2. The first-order valence-corrected chi connectivity index (χ1v) is 18.6. The summed E-state index contributed by atoms with van der Waals surface area (Å²) in [6.07, 6.45) is 15.9. The van der Waals surface area contributed by atoms with E-state index in [1.165, 1.54) is 68.6 Å². The number of carbonyl (C=O) groups is 2. The largest absolute Gasteiger partial charge is 0.483 e. The van der Waals surface area contributed by atoms with Crippen molar-refractivity contribution in [2.45, 2.75) is 133 Å². The first-order valence-electron chi connectivity index (χ1n) is 18.6. The van der Waals surface area contributed by atoms with Gasteiger partial charge in [0.05, 0.1) is 12.1 Å². The van der Waals surface area contributed by atoms with Crippen molar-refractivity contribution in [3.05, 3.63) is 59.2 Å². The average molecular weight is 643 g/mol. The zero-order valence-electron chi connectivity index (χ0n) is 28.5. The van der Waals surface area contributed by atoms with E-state index in [1.807, 2.05) is 18.0 Å². The fraction of sp³-hybridized carbons (Fsp3) is 0.650. The monoisotopic (exact) mass is 642 g/mol. The minimum absolute atomic E-state index is 0.00406. The van der Waals surface area contributed by atoms with E-state index < -0.39 is 0 Å². The Hall–Kier alpha value is -2.90. The SMILES string of the molecule is CC(=O)Oc1ccc2c3c1O[C@H]1[C@H](N(C)C(=O)CCCCCCCCCCc4ccccc4)CC[C@H]4[C@@H](C2)N(CC2CC2O)CC[C@@]341. The number of amides is 1. The van der Waals surface area contributed by atoms with Gasteiger partial charge in [0.25, 0.3) is 0 Å². The maximum atomic E-state index is 13.7. The third kappa shape index (κ3) is 6.47. The van der Waals surface area contributed by atoms with Gasteiger partial charge in [-0.3, -0.25) is 14.5 Å². The number of aryl methyl sites for hydroxylation is 1. The van der Waals surface area contributed by atoms with Crippen LogP contribution in [0.2, 0.25) is 0 Å². The molecule has 47 heavy (non-hydrogen) atoms. The summed E-state index contributed by atoms with van der Waals surface area (Å²) in [4.78, 5) is 30.4. The summed E-state index contributed by atoms with van der Waals surface area (Å²) >= 11 is 0. The van der Waals surface area contributed by atoms with Gasteiger partial charge in [0.2, 0.25) is 5.91 Å². The number of unbranched alkanes of at least 4 members (excludes halogenated alkanes) is 7. The molecule has 1 amide bonds. The molecule has 2 aliphatic heterocycles. The predicted molar refractivity (Wildman–Crippen MR) is 183 cm³/mol. The molecule has 2 heterocycles. The number of esters is 1. The molecule has 2 bridgehead atoms. The van der Waals surface area contributed by atoms with Gasteiger partial charge >= 0.3 is 5.97 Å². The van der Waals surface area contributed by atoms with Gasteiger partial charge in [0.1, 0.15) is 6.10 Å². The average Bonchev–Trinajstić information content (AvgIpc) is 3.65. The van der Waals surface area contributed by atoms with Crippen molar-refractivity contribution in [2.24, 2.45) is 11.8 Å². The van der Waals surface area contributed by atoms with Crippen molar-refractivity contribution in [1.29, 1.82) is 0 Å². The number of aliphatic hydroxyl groups is 1. The molecule has 7 rings (SSSR count). The lowest BCUT2D eigenvalue weighted by Gasteiger charge is -2.60. The number of carbonyl (C=O) groups excluding carboxylic acids is 2. The third-order valence-corrected chi connectivity index (χ3v) is 12.3. The van der Waals surface area contributed by atoms with E-state index in [2.05, 4.69) is 41.3 Å². The molecule has 254 valence electrons. The molecule has 1 saturated heterocycles. The highest BCUT2D eigenvalue weighted by atomic mass is 16.6. The Kier molecular flexibility index (Phi) is 9.66. The normalized spacial score (nSPS) is 29.9. The maximum Gasteiger partial charge on any atom is 0.308 e. The lowest BCUT2D eigenvalue weighted by Crippen LogP contribution is -2.69. The molecule has 3 fully saturated rings. The van der Waals surface area contributed by atoms with Crippen LogP contribution < -0.4 is 9.47 Å². The van der Waals surface area contributed by atoms with Gasteiger partial charge in [0.15, 0.2) is 11.5 Å². The summed E-state index contributed by atoms with van der Waals surface area (Å²) in [7, 11) is 1.99. The van der Waals surface area contributed by atoms with Crippen molar-refractivity contribution < 1.29 is 24.2 Å². The smallest absolute Gasteiger partial charge is 0.308 e. The van der Waals surface area contributed by atoms with Crippen LogP contribution in [0.15, 0.2) is 42.5 Å². The summed E-state index contributed by atoms with van der Waals surface area (Å²) in [6.45, 7) is 3.38. The summed E-state index contributed by atoms with van der Waals surface area (Å²) in [6, 6.07) is 15.2. The van der Waals surface area contributed by atoms with Gasteiger partial charge < -0.3 is 19.5 Å². The van der Waals surface area contributed by atoms with E-state index in [0.29, 0.717) is 30.0 Å². The number of hydrogen-bond donors (Lipinski definition) is 1. The van der Waals surface area contributed by atoms with Crippen LogP contribution in [0.25, 0.3) is 0 Å². The molecule has 7 heteroatoms. The number of rotatable bonds is 15. The van der Waals surface area contributed by atoms with Crippen LogP contribution in [0.3, 0.4) is 0 Å². The highest BCUT2D eigenvalue weighted by Gasteiger charge is 2.66. The number of benzene rings is 2. The van der Waals surface area contributed by atoms with E-state index in [4.69, 9.17) is 9.47 Å². The Morgan fingerprint density at radius 2 is 1.72 bits per heavy atom. The van der Waals surface area contributed by atoms with Crippen molar-refractivity contribution >= 4 is 11.9 Å². The van der Waals surface area contributed by atoms with Crippen LogP contribution in [0.5, 0.6) is 11.5 Å². The fourth-order valence-electron chi connectivity index (χ4n) is 9.85. The van der Waals surface area contributed by atoms with Crippen LogP contribution in [-0.2, 0) is 27.8 Å². The van der Waals surface area contributed by atoms with Gasteiger partial charge in [-0.1, -0.05) is 74.9 Å². The van der Waals surface area contributed by atoms with E-state index in [9.17, 15) is 14.7 Å². The second kappa shape index (κ2) is 13.9. The van der Waals surface area contributed by atoms with Gasteiger partial charge in [-0.15, -0.1) is 0 Å². The van der Waals surface area contributed by atoms with Crippen LogP contribution in [0.1, 0.15) is 107 Å². The number of ether oxygens (including phenoxy) is 2. The van der Waals surface area contributed by atoms with Crippen molar-refractivity contribution in [3.8, 4) is 11.5 Å². The molecule has 3 aliphatic carbocycles. The van der Waals surface area contributed by atoms with Crippen molar-refractivity contribution in [3.63, 3.8) is 0 Å². The Morgan fingerprint density at radius 1 is 1.00 bits per heavy atom. The van der Waals surface area contributed by atoms with Crippen LogP contribution >= 0.6 is 0 Å². The highest BCUT2D eigenvalue weighted by Crippen LogP contribution is 2.64. The molecule has 0 aromatic heterocycles. The minimum Gasteiger partial charge on any atom is -0.483 e. The number of hydrogen-bond acceptors (Lipinski definition) is 6. The van der Waals surface area contributed by atoms with Gasteiger partial charge in [0, 0.05) is 49.9 Å². The molecule has 0 radical (unpaired) electrons. The first-order chi connectivity index (χ1) is 22.9. The van der Waals surface area contributed by atoms with Gasteiger partial charge in [-0.2, -0.15) is 0 Å². The number of likely N-dealkylation sites (tertiary alicyclic amines) is 1. The van der Waals surface area contributed by atoms with Gasteiger partial charge in [-0.05, 0) is 81.0 Å². The zero-order valence-corrected chi connectivity index (χ0v) is 28.5. The molecule has 1 N–H and O–H groups in total. The molecule has 5 aliphatic rings. The minimum atomic E-state index is -0.341. The van der Waals surface area contributed by atoms with E-state index >= 15 is 0 Å². The molecule has 2 aromatic carbocycles. The third-order valence-electron chi connectivity index (χ3n) is 12.3. The second-order valence-electron chi connectivity index (χ2n) is 15.2. The number of likely N-dealkylation sites (N-methyl/N-ethyl adjacent to an activating group) is 1. The van der Waals surface area contributed by atoms with Crippen molar-refractivity contribution in [2.75, 3.05) is 20.1 Å². The standard InChI is InChI=1S/C40H54N2O5/c1-27(43)46-35-21-18-29-24-33-31-19-20-32(39-40(31,37(29)38(35)47-39)22-23-42(33)26-30-25-34(30)44)41(2)36(45)17-13-8-6-4-3-5-7-10-14-28-15-11-9-12-16-28/h9,11-12,15-16,18,21,30-34,39,44H,3-8,10,13-14,17,19-20,22-26H2,1-2H3/t30?,31-,32+,33+,34?,39-,40-/m0/s1. The van der Waals surface area contributed by atoms with Gasteiger partial charge in [-0.25, -0.2) is 0 Å². The zero-order chi connectivity index (χ0) is 32.5. The summed E-state index contributed by atoms with van der Waals surface area (Å²) in [5.74, 6) is 1.96. The fourth-order valence-corrected chi connectivity index (χ4v) is 9.85. The van der Waals surface area contributed by atoms with Crippen LogP contribution in [0, 0.1) is 11.8 Å². The Balaban J connectivity index is 0.951. The molecular weight excluding hydrogens is 588 g/mol. The summed E-state index contributed by atoms with van der Waals surface area (Å²) in [5.41, 5.74) is 3.81. The van der Waals surface area contributed by atoms with Crippen LogP contribution in [0.4, 0.5) is 0 Å². The van der Waals surface area contributed by atoms with E-state index in [-0.39, 0.29) is 35.5 Å². The lowest BCUT2D eigenvalue weighted by atomic mass is 9.51. The number of aliphatic hydroxyl groups excluding tert-OH is 1. The topological polar surface area (TPSA) is 79.3 Å². The summed E-state index contributed by atoms with van der Waals surface area (Å²) in [5, 5.41) is 10.1. The molecular formula is C40H54N2O5. The van der Waals surface area contributed by atoms with E-state index in [0.717, 1.165) is 63.8 Å². The number of piperidine rings is 1. The Bertz CT molecular complexity index is 1430. The molecule has 2 unspecified atom stereocenters. The summed E-state index contributed by atoms with van der Waals surface area (Å²) < 4.78 is 12.6. The van der Waals surface area contributed by atoms with Crippen LogP contribution in [-0.4, -0.2) is 71.2 Å². The highest BCUT2D eigenvalue weighted by molar-refractivity contribution is 5.77. The molecule has 7 nitrogen and oxygen atoms in total. The van der Waals surface area contributed by atoms with E-state index in [1.54, 1.807) is 0 Å². The molecule has 1 spiro atoms. The maximum absolute atomic E-state index is 13.7.